The fourth-order valence-corrected chi connectivity index (χ4v) is 2.72. The van der Waals surface area contributed by atoms with E-state index in [1.54, 1.807) is 0 Å². The fourth-order valence-electron chi connectivity index (χ4n) is 2.72. The number of nitrogens with two attached hydrogens (primary N) is 1. The van der Waals surface area contributed by atoms with E-state index in [4.69, 9.17) is 10.9 Å². The van der Waals surface area contributed by atoms with Gasteiger partial charge in [-0.3, -0.25) is 4.79 Å². The van der Waals surface area contributed by atoms with Crippen molar-refractivity contribution in [1.82, 2.24) is 0 Å². The Morgan fingerprint density at radius 1 is 1.40 bits per heavy atom. The first-order valence-corrected chi connectivity index (χ1v) is 6.96. The second kappa shape index (κ2) is 6.41. The Labute approximate surface area is 118 Å². The van der Waals surface area contributed by atoms with E-state index in [0.717, 1.165) is 30.5 Å². The van der Waals surface area contributed by atoms with Crippen LogP contribution in [0.15, 0.2) is 29.4 Å². The molecule has 0 saturated heterocycles. The molecule has 1 amide bonds. The summed E-state index contributed by atoms with van der Waals surface area (Å²) in [5, 5.41) is 14.4. The summed E-state index contributed by atoms with van der Waals surface area (Å²) in [6, 6.07) is 7.42. The molecule has 5 heteroatoms. The normalized spacial score (nSPS) is 22.8. The van der Waals surface area contributed by atoms with Gasteiger partial charge in [-0.05, 0) is 36.5 Å². The molecule has 1 aromatic carbocycles. The molecule has 2 unspecified atom stereocenters. The van der Waals surface area contributed by atoms with Gasteiger partial charge in [-0.25, -0.2) is 0 Å². The topological polar surface area (TPSA) is 87.7 Å². The van der Waals surface area contributed by atoms with Gasteiger partial charge in [0, 0.05) is 18.0 Å². The number of oxime groups is 1. The van der Waals surface area contributed by atoms with Gasteiger partial charge in [0.05, 0.1) is 0 Å². The van der Waals surface area contributed by atoms with Gasteiger partial charge >= 0.3 is 0 Å². The minimum absolute atomic E-state index is 0.110. The SMILES string of the molecule is CC1CCCC1C(=O)Nc1ccc(C/C(N)=N/O)cc1. The molecule has 0 spiro atoms. The van der Waals surface area contributed by atoms with E-state index in [1.165, 1.54) is 0 Å². The lowest BCUT2D eigenvalue weighted by molar-refractivity contribution is -0.120. The minimum atomic E-state index is 0.110. The van der Waals surface area contributed by atoms with Crippen LogP contribution in [0.5, 0.6) is 0 Å². The average molecular weight is 275 g/mol. The predicted molar refractivity (Wildman–Crippen MR) is 78.7 cm³/mol. The van der Waals surface area contributed by atoms with Crippen molar-refractivity contribution in [3.63, 3.8) is 0 Å². The second-order valence-corrected chi connectivity index (χ2v) is 5.47. The van der Waals surface area contributed by atoms with Crippen molar-refractivity contribution in [2.24, 2.45) is 22.7 Å². The summed E-state index contributed by atoms with van der Waals surface area (Å²) in [4.78, 5) is 12.2. The van der Waals surface area contributed by atoms with E-state index in [1.807, 2.05) is 24.3 Å². The van der Waals surface area contributed by atoms with Crippen molar-refractivity contribution in [3.8, 4) is 0 Å². The van der Waals surface area contributed by atoms with Crippen molar-refractivity contribution in [2.45, 2.75) is 32.6 Å². The molecule has 0 heterocycles. The van der Waals surface area contributed by atoms with Crippen molar-refractivity contribution >= 4 is 17.4 Å². The highest BCUT2D eigenvalue weighted by Crippen LogP contribution is 2.32. The molecular formula is C15H21N3O2. The maximum atomic E-state index is 12.2. The molecule has 1 aromatic rings. The first-order valence-electron chi connectivity index (χ1n) is 6.96. The standard InChI is InChI=1S/C15H21N3O2/c1-10-3-2-4-13(10)15(19)17-12-7-5-11(6-8-12)9-14(16)18-20/h5-8,10,13,20H,2-4,9H2,1H3,(H2,16,18)(H,17,19). The van der Waals surface area contributed by atoms with Crippen LogP contribution in [0.3, 0.4) is 0 Å². The molecule has 0 aromatic heterocycles. The van der Waals surface area contributed by atoms with Gasteiger partial charge in [-0.1, -0.05) is 30.6 Å². The highest BCUT2D eigenvalue weighted by molar-refractivity contribution is 5.93. The predicted octanol–water partition coefficient (Wildman–Crippen LogP) is 2.35. The first kappa shape index (κ1) is 14.4. The molecule has 2 atom stereocenters. The Morgan fingerprint density at radius 2 is 2.10 bits per heavy atom. The number of rotatable bonds is 4. The summed E-state index contributed by atoms with van der Waals surface area (Å²) in [5.41, 5.74) is 7.18. The third-order valence-electron chi connectivity index (χ3n) is 3.93. The van der Waals surface area contributed by atoms with Crippen LogP contribution in [0.1, 0.15) is 31.7 Å². The van der Waals surface area contributed by atoms with E-state index in [2.05, 4.69) is 17.4 Å². The number of amides is 1. The zero-order chi connectivity index (χ0) is 14.5. The largest absolute Gasteiger partial charge is 0.409 e. The van der Waals surface area contributed by atoms with Crippen LogP contribution in [0.2, 0.25) is 0 Å². The summed E-state index contributed by atoms with van der Waals surface area (Å²) >= 11 is 0. The van der Waals surface area contributed by atoms with Crippen LogP contribution >= 0.6 is 0 Å². The third kappa shape index (κ3) is 3.50. The van der Waals surface area contributed by atoms with Crippen LogP contribution in [0.25, 0.3) is 0 Å². The molecule has 4 N–H and O–H groups in total. The molecule has 2 rings (SSSR count). The molecule has 0 aliphatic heterocycles. The van der Waals surface area contributed by atoms with E-state index < -0.39 is 0 Å². The van der Waals surface area contributed by atoms with E-state index in [0.29, 0.717) is 12.3 Å². The number of nitrogens with zero attached hydrogens (tertiary/aromatic N) is 1. The Hall–Kier alpha value is -2.04. The van der Waals surface area contributed by atoms with Gasteiger partial charge in [0.2, 0.25) is 5.91 Å². The smallest absolute Gasteiger partial charge is 0.227 e. The van der Waals surface area contributed by atoms with Gasteiger partial charge in [0.25, 0.3) is 0 Å². The number of carbonyl (C=O) groups is 1. The second-order valence-electron chi connectivity index (χ2n) is 5.47. The number of hydrogen-bond acceptors (Lipinski definition) is 3. The Balaban J connectivity index is 1.95. The maximum Gasteiger partial charge on any atom is 0.227 e. The summed E-state index contributed by atoms with van der Waals surface area (Å²) < 4.78 is 0. The van der Waals surface area contributed by atoms with Crippen LogP contribution in [0, 0.1) is 11.8 Å². The molecule has 1 aliphatic rings. The number of benzene rings is 1. The summed E-state index contributed by atoms with van der Waals surface area (Å²) in [7, 11) is 0. The quantitative estimate of drug-likeness (QED) is 0.341. The number of anilines is 1. The molecule has 0 radical (unpaired) electrons. The third-order valence-corrected chi connectivity index (χ3v) is 3.93. The van der Waals surface area contributed by atoms with Gasteiger partial charge in [-0.2, -0.15) is 0 Å². The average Bonchev–Trinajstić information content (AvgIpc) is 2.87. The van der Waals surface area contributed by atoms with Crippen molar-refractivity contribution in [2.75, 3.05) is 5.32 Å². The highest BCUT2D eigenvalue weighted by atomic mass is 16.4. The molecule has 20 heavy (non-hydrogen) atoms. The number of nitrogens with one attached hydrogen (secondary N) is 1. The minimum Gasteiger partial charge on any atom is -0.409 e. The molecule has 1 fully saturated rings. The van der Waals surface area contributed by atoms with Gasteiger partial charge in [0.15, 0.2) is 0 Å². The van der Waals surface area contributed by atoms with Crippen molar-refractivity contribution < 1.29 is 10.0 Å². The molecule has 5 nitrogen and oxygen atoms in total. The lowest BCUT2D eigenvalue weighted by Crippen LogP contribution is -2.24. The van der Waals surface area contributed by atoms with Gasteiger partial charge in [0.1, 0.15) is 5.84 Å². The van der Waals surface area contributed by atoms with Crippen LogP contribution < -0.4 is 11.1 Å². The fraction of sp³-hybridized carbons (Fsp3) is 0.467. The molecule has 108 valence electrons. The monoisotopic (exact) mass is 275 g/mol. The molecular weight excluding hydrogens is 254 g/mol. The Kier molecular flexibility index (Phi) is 4.61. The Morgan fingerprint density at radius 3 is 2.65 bits per heavy atom. The number of hydrogen-bond donors (Lipinski definition) is 3. The zero-order valence-corrected chi connectivity index (χ0v) is 11.7. The summed E-state index contributed by atoms with van der Waals surface area (Å²) in [5.74, 6) is 0.877. The van der Waals surface area contributed by atoms with Crippen molar-refractivity contribution in [3.05, 3.63) is 29.8 Å². The Bertz CT molecular complexity index is 496. The lowest BCUT2D eigenvalue weighted by Gasteiger charge is -2.15. The summed E-state index contributed by atoms with van der Waals surface area (Å²) in [6.07, 6.45) is 3.65. The maximum absolute atomic E-state index is 12.2. The van der Waals surface area contributed by atoms with E-state index in [-0.39, 0.29) is 17.7 Å². The van der Waals surface area contributed by atoms with Gasteiger partial charge < -0.3 is 16.3 Å². The van der Waals surface area contributed by atoms with Gasteiger partial charge in [-0.15, -0.1) is 0 Å². The molecule has 0 bridgehead atoms. The zero-order valence-electron chi connectivity index (χ0n) is 11.7. The lowest BCUT2D eigenvalue weighted by atomic mass is 9.97. The number of carbonyl (C=O) groups excluding carboxylic acids is 1. The van der Waals surface area contributed by atoms with E-state index in [9.17, 15) is 4.79 Å². The van der Waals surface area contributed by atoms with Crippen molar-refractivity contribution in [1.29, 1.82) is 0 Å². The van der Waals surface area contributed by atoms with Crippen LogP contribution in [-0.4, -0.2) is 17.0 Å². The van der Waals surface area contributed by atoms with Crippen LogP contribution in [-0.2, 0) is 11.2 Å². The molecule has 1 saturated carbocycles. The molecule has 1 aliphatic carbocycles. The highest BCUT2D eigenvalue weighted by Gasteiger charge is 2.29. The first-order chi connectivity index (χ1) is 9.60. The van der Waals surface area contributed by atoms with E-state index >= 15 is 0 Å². The number of amidine groups is 1. The summed E-state index contributed by atoms with van der Waals surface area (Å²) in [6.45, 7) is 2.14. The van der Waals surface area contributed by atoms with Crippen LogP contribution in [0.4, 0.5) is 5.69 Å².